The Bertz CT molecular complexity index is 1160. The third kappa shape index (κ3) is 5.88. The van der Waals surface area contributed by atoms with Crippen molar-refractivity contribution in [3.05, 3.63) is 89.0 Å². The number of allylic oxidation sites excluding steroid dienone is 2. The zero-order valence-electron chi connectivity index (χ0n) is 20.4. The summed E-state index contributed by atoms with van der Waals surface area (Å²) >= 11 is 0. The molecule has 5 rings (SSSR count). The first-order valence-electron chi connectivity index (χ1n) is 12.9. The Morgan fingerprint density at radius 2 is 1.46 bits per heavy atom. The highest BCUT2D eigenvalue weighted by Gasteiger charge is 2.21. The molecule has 0 bridgehead atoms. The SMILES string of the molecule is Oc1ccc(C2=C(Cc3ccc(OCCN4CCCCCC4)cc3)c3ccc(O)cc3CC2)cc1. The van der Waals surface area contributed by atoms with Gasteiger partial charge in [0.2, 0.25) is 0 Å². The summed E-state index contributed by atoms with van der Waals surface area (Å²) in [5.41, 5.74) is 7.36. The van der Waals surface area contributed by atoms with Crippen LogP contribution < -0.4 is 4.74 Å². The van der Waals surface area contributed by atoms with E-state index in [1.807, 2.05) is 24.3 Å². The molecular weight excluding hydrogens is 434 g/mol. The molecule has 2 N–H and O–H groups in total. The summed E-state index contributed by atoms with van der Waals surface area (Å²) in [7, 11) is 0. The van der Waals surface area contributed by atoms with Crippen molar-refractivity contribution in [1.29, 1.82) is 0 Å². The third-order valence-corrected chi connectivity index (χ3v) is 7.32. The highest BCUT2D eigenvalue weighted by atomic mass is 16.5. The highest BCUT2D eigenvalue weighted by molar-refractivity contribution is 5.94. The van der Waals surface area contributed by atoms with Gasteiger partial charge < -0.3 is 14.9 Å². The fourth-order valence-corrected chi connectivity index (χ4v) is 5.40. The van der Waals surface area contributed by atoms with Gasteiger partial charge in [0.15, 0.2) is 0 Å². The fraction of sp³-hybridized carbons (Fsp3) is 0.355. The van der Waals surface area contributed by atoms with Crippen LogP contribution in [-0.4, -0.2) is 41.4 Å². The Balaban J connectivity index is 1.32. The molecule has 182 valence electrons. The maximum Gasteiger partial charge on any atom is 0.119 e. The number of fused-ring (bicyclic) bond motifs is 1. The number of hydrogen-bond donors (Lipinski definition) is 2. The number of phenolic OH excluding ortho intramolecular Hbond substituents is 2. The number of benzene rings is 3. The van der Waals surface area contributed by atoms with Gasteiger partial charge in [-0.25, -0.2) is 0 Å². The summed E-state index contributed by atoms with van der Waals surface area (Å²) < 4.78 is 6.06. The highest BCUT2D eigenvalue weighted by Crippen LogP contribution is 2.40. The van der Waals surface area contributed by atoms with Crippen LogP contribution in [0.5, 0.6) is 17.2 Å². The van der Waals surface area contributed by atoms with Crippen molar-refractivity contribution >= 4 is 11.1 Å². The number of hydrogen-bond acceptors (Lipinski definition) is 4. The third-order valence-electron chi connectivity index (χ3n) is 7.32. The summed E-state index contributed by atoms with van der Waals surface area (Å²) in [6.07, 6.45) is 7.94. The molecule has 1 saturated heterocycles. The number of aromatic hydroxyl groups is 2. The van der Waals surface area contributed by atoms with Crippen LogP contribution in [0.4, 0.5) is 0 Å². The summed E-state index contributed by atoms with van der Waals surface area (Å²) in [4.78, 5) is 2.52. The molecule has 4 nitrogen and oxygen atoms in total. The number of aryl methyl sites for hydroxylation is 1. The van der Waals surface area contributed by atoms with E-state index in [9.17, 15) is 10.2 Å². The van der Waals surface area contributed by atoms with Crippen LogP contribution in [0.15, 0.2) is 66.7 Å². The molecule has 1 aliphatic heterocycles. The number of likely N-dealkylation sites (tertiary alicyclic amines) is 1. The Labute approximate surface area is 208 Å². The summed E-state index contributed by atoms with van der Waals surface area (Å²) in [5.74, 6) is 1.52. The second-order valence-electron chi connectivity index (χ2n) is 9.77. The van der Waals surface area contributed by atoms with E-state index in [0.717, 1.165) is 43.7 Å². The number of nitrogens with zero attached hydrogens (tertiary/aromatic N) is 1. The Kier molecular flexibility index (Phi) is 7.39. The number of phenols is 2. The van der Waals surface area contributed by atoms with Crippen molar-refractivity contribution < 1.29 is 14.9 Å². The predicted octanol–water partition coefficient (Wildman–Crippen LogP) is 6.45. The van der Waals surface area contributed by atoms with Crippen LogP contribution in [0.2, 0.25) is 0 Å². The van der Waals surface area contributed by atoms with Crippen LogP contribution >= 0.6 is 0 Å². The van der Waals surface area contributed by atoms with Crippen LogP contribution in [0.3, 0.4) is 0 Å². The molecule has 1 fully saturated rings. The van der Waals surface area contributed by atoms with Gasteiger partial charge in [0.05, 0.1) is 0 Å². The van der Waals surface area contributed by atoms with E-state index in [1.54, 1.807) is 18.2 Å². The molecule has 4 heteroatoms. The minimum absolute atomic E-state index is 0.281. The van der Waals surface area contributed by atoms with Crippen molar-refractivity contribution in [3.8, 4) is 17.2 Å². The van der Waals surface area contributed by atoms with E-state index in [4.69, 9.17) is 4.74 Å². The van der Waals surface area contributed by atoms with Gasteiger partial charge in [-0.2, -0.15) is 0 Å². The second kappa shape index (κ2) is 11.0. The first-order valence-corrected chi connectivity index (χ1v) is 12.9. The summed E-state index contributed by atoms with van der Waals surface area (Å²) in [5, 5.41) is 19.8. The number of ether oxygens (including phenoxy) is 1. The first kappa shape index (κ1) is 23.5. The molecule has 1 aliphatic carbocycles. The van der Waals surface area contributed by atoms with E-state index < -0.39 is 0 Å². The average molecular weight is 470 g/mol. The van der Waals surface area contributed by atoms with Gasteiger partial charge in [0, 0.05) is 6.54 Å². The first-order chi connectivity index (χ1) is 17.2. The number of rotatable bonds is 7. The quantitative estimate of drug-likeness (QED) is 0.417. The molecule has 3 aromatic carbocycles. The van der Waals surface area contributed by atoms with E-state index in [-0.39, 0.29) is 5.75 Å². The maximum atomic E-state index is 10.0. The van der Waals surface area contributed by atoms with Gasteiger partial charge in [-0.05, 0) is 115 Å². The van der Waals surface area contributed by atoms with Crippen LogP contribution in [0, 0.1) is 0 Å². The minimum Gasteiger partial charge on any atom is -0.508 e. The predicted molar refractivity (Wildman–Crippen MR) is 142 cm³/mol. The second-order valence-corrected chi connectivity index (χ2v) is 9.77. The molecule has 35 heavy (non-hydrogen) atoms. The molecule has 0 amide bonds. The van der Waals surface area contributed by atoms with Gasteiger partial charge in [-0.15, -0.1) is 0 Å². The van der Waals surface area contributed by atoms with Crippen molar-refractivity contribution in [2.75, 3.05) is 26.2 Å². The van der Waals surface area contributed by atoms with Crippen LogP contribution in [0.1, 0.15) is 54.4 Å². The standard InChI is InChI=1S/C31H35NO3/c33-26-10-7-24(8-11-26)29-15-9-25-22-27(34)12-16-30(25)31(29)21-23-5-13-28(14-6-23)35-20-19-32-17-3-1-2-4-18-32/h5-8,10-14,16,22,33-34H,1-4,9,15,17-21H2. The summed E-state index contributed by atoms with van der Waals surface area (Å²) in [6.45, 7) is 4.11. The lowest BCUT2D eigenvalue weighted by Gasteiger charge is -2.25. The topological polar surface area (TPSA) is 52.9 Å². The molecule has 3 aromatic rings. The van der Waals surface area contributed by atoms with E-state index in [2.05, 4.69) is 29.2 Å². The smallest absolute Gasteiger partial charge is 0.119 e. The van der Waals surface area contributed by atoms with Gasteiger partial charge in [-0.1, -0.05) is 43.2 Å². The van der Waals surface area contributed by atoms with Crippen molar-refractivity contribution in [1.82, 2.24) is 4.90 Å². The molecule has 0 unspecified atom stereocenters. The van der Waals surface area contributed by atoms with E-state index in [0.29, 0.717) is 5.75 Å². The largest absolute Gasteiger partial charge is 0.508 e. The molecule has 0 aromatic heterocycles. The molecule has 0 saturated carbocycles. The fourth-order valence-electron chi connectivity index (χ4n) is 5.40. The maximum absolute atomic E-state index is 10.0. The molecule has 0 spiro atoms. The lowest BCUT2D eigenvalue weighted by atomic mass is 9.80. The van der Waals surface area contributed by atoms with Gasteiger partial charge in [0.1, 0.15) is 23.9 Å². The average Bonchev–Trinajstić information content (AvgIpc) is 3.15. The molecule has 1 heterocycles. The van der Waals surface area contributed by atoms with Gasteiger partial charge in [0.25, 0.3) is 0 Å². The minimum atomic E-state index is 0.281. The van der Waals surface area contributed by atoms with Crippen LogP contribution in [0.25, 0.3) is 11.1 Å². The summed E-state index contributed by atoms with van der Waals surface area (Å²) in [6, 6.07) is 21.7. The molecule has 0 atom stereocenters. The zero-order valence-corrected chi connectivity index (χ0v) is 20.4. The monoisotopic (exact) mass is 469 g/mol. The zero-order chi connectivity index (χ0) is 24.0. The van der Waals surface area contributed by atoms with Gasteiger partial charge >= 0.3 is 0 Å². The lowest BCUT2D eigenvalue weighted by Crippen LogP contribution is -2.29. The lowest BCUT2D eigenvalue weighted by molar-refractivity contribution is 0.214. The Morgan fingerprint density at radius 1 is 0.743 bits per heavy atom. The Morgan fingerprint density at radius 3 is 2.20 bits per heavy atom. The molecule has 0 radical (unpaired) electrons. The van der Waals surface area contributed by atoms with Crippen molar-refractivity contribution in [2.24, 2.45) is 0 Å². The van der Waals surface area contributed by atoms with E-state index in [1.165, 1.54) is 66.6 Å². The Hall–Kier alpha value is -3.24. The van der Waals surface area contributed by atoms with E-state index >= 15 is 0 Å². The van der Waals surface area contributed by atoms with Crippen molar-refractivity contribution in [3.63, 3.8) is 0 Å². The molecule has 2 aliphatic rings. The molecular formula is C31H35NO3. The van der Waals surface area contributed by atoms with Gasteiger partial charge in [-0.3, -0.25) is 4.90 Å². The normalized spacial score (nSPS) is 16.6. The van der Waals surface area contributed by atoms with Crippen LogP contribution in [-0.2, 0) is 12.8 Å². The van der Waals surface area contributed by atoms with Crippen molar-refractivity contribution in [2.45, 2.75) is 44.9 Å².